The topological polar surface area (TPSA) is 56.8 Å². The molecule has 0 aliphatic rings. The van der Waals surface area contributed by atoms with E-state index in [1.54, 1.807) is 12.1 Å². The minimum Gasteiger partial charge on any atom is -0.494 e. The summed E-state index contributed by atoms with van der Waals surface area (Å²) >= 11 is 6.24. The van der Waals surface area contributed by atoms with E-state index in [0.29, 0.717) is 35.3 Å². The molecule has 0 saturated carbocycles. The number of methoxy groups -OCH3 is 1. The predicted molar refractivity (Wildman–Crippen MR) is 103 cm³/mol. The van der Waals surface area contributed by atoms with E-state index in [1.807, 2.05) is 45.0 Å². The van der Waals surface area contributed by atoms with E-state index in [4.69, 9.17) is 25.8 Å². The van der Waals surface area contributed by atoms with Crippen molar-refractivity contribution in [3.63, 3.8) is 0 Å². The maximum atomic E-state index is 12.6. The number of carbonyl (C=O) groups is 1. The Hall–Kier alpha value is -2.40. The molecule has 0 radical (unpaired) electrons. The van der Waals surface area contributed by atoms with Crippen molar-refractivity contribution < 1.29 is 19.0 Å². The second kappa shape index (κ2) is 9.34. The number of halogens is 1. The number of benzene rings is 2. The van der Waals surface area contributed by atoms with E-state index >= 15 is 0 Å². The molecular formula is C20H24ClNO4. The second-order valence-electron chi connectivity index (χ2n) is 5.62. The Morgan fingerprint density at radius 3 is 2.35 bits per heavy atom. The molecule has 1 atom stereocenters. The summed E-state index contributed by atoms with van der Waals surface area (Å²) in [6, 6.07) is 10.7. The Balaban J connectivity index is 2.14. The number of hydrogen-bond acceptors (Lipinski definition) is 4. The Bertz CT molecular complexity index is 746. The van der Waals surface area contributed by atoms with Gasteiger partial charge in [-0.25, -0.2) is 0 Å². The van der Waals surface area contributed by atoms with Crippen molar-refractivity contribution in [1.82, 2.24) is 5.32 Å². The van der Waals surface area contributed by atoms with Crippen LogP contribution in [0.5, 0.6) is 17.2 Å². The Labute approximate surface area is 159 Å². The van der Waals surface area contributed by atoms with Crippen molar-refractivity contribution in [2.75, 3.05) is 20.3 Å². The highest BCUT2D eigenvalue weighted by molar-refractivity contribution is 6.32. The SMILES string of the molecule is CCOc1ccc(C(C)NC(=O)c2cc(Cl)c(OCC)c(OC)c2)cc1. The van der Waals surface area contributed by atoms with Gasteiger partial charge in [0, 0.05) is 5.56 Å². The lowest BCUT2D eigenvalue weighted by Gasteiger charge is -2.17. The monoisotopic (exact) mass is 377 g/mol. The number of ether oxygens (including phenoxy) is 3. The fourth-order valence-corrected chi connectivity index (χ4v) is 2.78. The van der Waals surface area contributed by atoms with Gasteiger partial charge in [-0.05, 0) is 50.6 Å². The fraction of sp³-hybridized carbons (Fsp3) is 0.350. The van der Waals surface area contributed by atoms with Crippen molar-refractivity contribution in [2.24, 2.45) is 0 Å². The Morgan fingerprint density at radius 1 is 1.12 bits per heavy atom. The number of rotatable bonds is 8. The van der Waals surface area contributed by atoms with Gasteiger partial charge >= 0.3 is 0 Å². The van der Waals surface area contributed by atoms with E-state index in [0.717, 1.165) is 11.3 Å². The van der Waals surface area contributed by atoms with Crippen LogP contribution in [-0.4, -0.2) is 26.2 Å². The van der Waals surface area contributed by atoms with Crippen LogP contribution in [0.25, 0.3) is 0 Å². The molecule has 26 heavy (non-hydrogen) atoms. The van der Waals surface area contributed by atoms with Crippen LogP contribution < -0.4 is 19.5 Å². The van der Waals surface area contributed by atoms with Gasteiger partial charge in [0.15, 0.2) is 11.5 Å². The molecule has 1 unspecified atom stereocenters. The fourth-order valence-electron chi connectivity index (χ4n) is 2.52. The quantitative estimate of drug-likeness (QED) is 0.728. The van der Waals surface area contributed by atoms with Crippen molar-refractivity contribution in [3.8, 4) is 17.2 Å². The van der Waals surface area contributed by atoms with E-state index in [2.05, 4.69) is 5.32 Å². The van der Waals surface area contributed by atoms with Gasteiger partial charge in [0.25, 0.3) is 5.91 Å². The smallest absolute Gasteiger partial charge is 0.251 e. The van der Waals surface area contributed by atoms with E-state index < -0.39 is 0 Å². The zero-order chi connectivity index (χ0) is 19.1. The maximum absolute atomic E-state index is 12.6. The number of amides is 1. The molecule has 2 aromatic carbocycles. The van der Waals surface area contributed by atoms with Crippen LogP contribution in [0.15, 0.2) is 36.4 Å². The van der Waals surface area contributed by atoms with Crippen LogP contribution in [0.4, 0.5) is 0 Å². The van der Waals surface area contributed by atoms with Crippen LogP contribution in [0.3, 0.4) is 0 Å². The molecule has 0 aromatic heterocycles. The average molecular weight is 378 g/mol. The first-order valence-corrected chi connectivity index (χ1v) is 8.91. The largest absolute Gasteiger partial charge is 0.494 e. The summed E-state index contributed by atoms with van der Waals surface area (Å²) in [5.74, 6) is 1.43. The predicted octanol–water partition coefficient (Wildman–Crippen LogP) is 4.64. The highest BCUT2D eigenvalue weighted by Crippen LogP contribution is 2.36. The lowest BCUT2D eigenvalue weighted by atomic mass is 10.1. The molecule has 1 N–H and O–H groups in total. The Kier molecular flexibility index (Phi) is 7.16. The van der Waals surface area contributed by atoms with Gasteiger partial charge in [0.2, 0.25) is 0 Å². The highest BCUT2D eigenvalue weighted by Gasteiger charge is 2.17. The van der Waals surface area contributed by atoms with Crippen LogP contribution >= 0.6 is 11.6 Å². The molecule has 0 heterocycles. The third kappa shape index (κ3) is 4.82. The first-order valence-electron chi connectivity index (χ1n) is 8.54. The van der Waals surface area contributed by atoms with Crippen molar-refractivity contribution >= 4 is 17.5 Å². The molecule has 5 nitrogen and oxygen atoms in total. The van der Waals surface area contributed by atoms with Gasteiger partial charge in [-0.15, -0.1) is 0 Å². The van der Waals surface area contributed by atoms with Crippen LogP contribution in [0.2, 0.25) is 5.02 Å². The lowest BCUT2D eigenvalue weighted by molar-refractivity contribution is 0.0939. The summed E-state index contributed by atoms with van der Waals surface area (Å²) in [4.78, 5) is 12.6. The van der Waals surface area contributed by atoms with Gasteiger partial charge in [0.1, 0.15) is 5.75 Å². The van der Waals surface area contributed by atoms with Gasteiger partial charge in [-0.1, -0.05) is 23.7 Å². The minimum absolute atomic E-state index is 0.172. The van der Waals surface area contributed by atoms with Crippen LogP contribution in [0, 0.1) is 0 Å². The third-order valence-electron chi connectivity index (χ3n) is 3.82. The zero-order valence-corrected chi connectivity index (χ0v) is 16.2. The summed E-state index contributed by atoms with van der Waals surface area (Å²) in [6.07, 6.45) is 0. The molecule has 0 spiro atoms. The molecule has 0 aliphatic carbocycles. The Morgan fingerprint density at radius 2 is 1.77 bits per heavy atom. The third-order valence-corrected chi connectivity index (χ3v) is 4.10. The lowest BCUT2D eigenvalue weighted by Crippen LogP contribution is -2.26. The van der Waals surface area contributed by atoms with Crippen LogP contribution in [-0.2, 0) is 0 Å². The summed E-state index contributed by atoms with van der Waals surface area (Å²) in [5.41, 5.74) is 1.39. The molecule has 0 bridgehead atoms. The number of hydrogen-bond donors (Lipinski definition) is 1. The normalized spacial score (nSPS) is 11.6. The van der Waals surface area contributed by atoms with Crippen molar-refractivity contribution in [1.29, 1.82) is 0 Å². The summed E-state index contributed by atoms with van der Waals surface area (Å²) in [5, 5.41) is 3.30. The molecule has 0 aliphatic heterocycles. The van der Waals surface area contributed by atoms with Crippen LogP contribution in [0.1, 0.15) is 42.7 Å². The van der Waals surface area contributed by atoms with E-state index in [1.165, 1.54) is 7.11 Å². The molecule has 0 saturated heterocycles. The zero-order valence-electron chi connectivity index (χ0n) is 15.5. The van der Waals surface area contributed by atoms with Gasteiger partial charge in [-0.2, -0.15) is 0 Å². The summed E-state index contributed by atoms with van der Waals surface area (Å²) in [7, 11) is 1.51. The van der Waals surface area contributed by atoms with E-state index in [9.17, 15) is 4.79 Å². The molecular weight excluding hydrogens is 354 g/mol. The molecule has 6 heteroatoms. The average Bonchev–Trinajstić information content (AvgIpc) is 2.64. The highest BCUT2D eigenvalue weighted by atomic mass is 35.5. The molecule has 140 valence electrons. The first-order chi connectivity index (χ1) is 12.5. The molecule has 2 rings (SSSR count). The number of nitrogens with one attached hydrogen (secondary N) is 1. The molecule has 2 aromatic rings. The van der Waals surface area contributed by atoms with E-state index in [-0.39, 0.29) is 11.9 Å². The number of carbonyl (C=O) groups excluding carboxylic acids is 1. The van der Waals surface area contributed by atoms with Gasteiger partial charge in [0.05, 0.1) is 31.4 Å². The summed E-state index contributed by atoms with van der Waals surface area (Å²) in [6.45, 7) is 6.78. The minimum atomic E-state index is -0.241. The maximum Gasteiger partial charge on any atom is 0.251 e. The first kappa shape index (κ1) is 19.9. The van der Waals surface area contributed by atoms with Crippen molar-refractivity contribution in [2.45, 2.75) is 26.8 Å². The summed E-state index contributed by atoms with van der Waals surface area (Å²) < 4.78 is 16.2. The van der Waals surface area contributed by atoms with Gasteiger partial charge in [-0.3, -0.25) is 4.79 Å². The van der Waals surface area contributed by atoms with Gasteiger partial charge < -0.3 is 19.5 Å². The van der Waals surface area contributed by atoms with Crippen molar-refractivity contribution in [3.05, 3.63) is 52.5 Å². The second-order valence-corrected chi connectivity index (χ2v) is 6.03. The molecule has 1 amide bonds. The standard InChI is InChI=1S/C20H24ClNO4/c1-5-25-16-9-7-14(8-10-16)13(3)22-20(23)15-11-17(21)19(26-6-2)18(12-15)24-4/h7-13H,5-6H2,1-4H3,(H,22,23). The molecule has 0 fully saturated rings.